The molecular weight excluding hydrogens is 500 g/mol. The predicted octanol–water partition coefficient (Wildman–Crippen LogP) is 6.39. The van der Waals surface area contributed by atoms with Crippen LogP contribution < -0.4 is 9.47 Å². The Morgan fingerprint density at radius 2 is 1.66 bits per heavy atom. The van der Waals surface area contributed by atoms with Crippen LogP contribution in [0.3, 0.4) is 0 Å². The maximum Gasteiger partial charge on any atom is 0.344 e. The van der Waals surface area contributed by atoms with E-state index in [1.807, 2.05) is 86.7 Å². The van der Waals surface area contributed by atoms with Crippen molar-refractivity contribution in [1.29, 1.82) is 0 Å². The summed E-state index contributed by atoms with van der Waals surface area (Å²) in [5.41, 5.74) is 2.56. The molecule has 1 saturated heterocycles. The van der Waals surface area contributed by atoms with Crippen LogP contribution in [-0.4, -0.2) is 41.8 Å². The Balaban J connectivity index is 1.65. The molecule has 0 N–H and O–H groups in total. The fourth-order valence-electron chi connectivity index (χ4n) is 3.89. The molecule has 3 aromatic carbocycles. The van der Waals surface area contributed by atoms with Crippen LogP contribution in [-0.2, 0) is 14.3 Å². The van der Waals surface area contributed by atoms with Crippen molar-refractivity contribution in [2.75, 3.05) is 19.8 Å². The molecule has 0 unspecified atom stereocenters. The number of hydrogen-bond donors (Lipinski definition) is 0. The molecule has 0 radical (unpaired) electrons. The second-order valence-electron chi connectivity index (χ2n) is 8.34. The number of carbonyl (C=O) groups is 2. The smallest absolute Gasteiger partial charge is 0.344 e. The normalized spacial score (nSPS) is 16.1. The third kappa shape index (κ3) is 6.63. The SMILES string of the molecule is CCOC(=O)COc1ccc(/C=C2/SC(=Nc3ccccc3)N([C@@H](C)c3ccccc3)C2=O)cc1OCC. The highest BCUT2D eigenvalue weighted by atomic mass is 32.2. The number of hydrogen-bond acceptors (Lipinski definition) is 7. The molecule has 196 valence electrons. The van der Waals surface area contributed by atoms with Crippen LogP contribution in [0.25, 0.3) is 6.08 Å². The lowest BCUT2D eigenvalue weighted by molar-refractivity contribution is -0.145. The van der Waals surface area contributed by atoms with Gasteiger partial charge in [0.15, 0.2) is 23.3 Å². The Hall–Kier alpha value is -4.04. The van der Waals surface area contributed by atoms with Crippen molar-refractivity contribution in [3.8, 4) is 11.5 Å². The van der Waals surface area contributed by atoms with E-state index in [1.54, 1.807) is 24.0 Å². The van der Waals surface area contributed by atoms with Crippen molar-refractivity contribution in [3.63, 3.8) is 0 Å². The lowest BCUT2D eigenvalue weighted by Crippen LogP contribution is -2.32. The van der Waals surface area contributed by atoms with E-state index in [0.717, 1.165) is 16.8 Å². The second-order valence-corrected chi connectivity index (χ2v) is 9.34. The molecule has 1 fully saturated rings. The van der Waals surface area contributed by atoms with Gasteiger partial charge in [0.25, 0.3) is 5.91 Å². The molecule has 4 rings (SSSR count). The van der Waals surface area contributed by atoms with Crippen molar-refractivity contribution in [2.45, 2.75) is 26.8 Å². The lowest BCUT2D eigenvalue weighted by atomic mass is 10.1. The summed E-state index contributed by atoms with van der Waals surface area (Å²) in [5.74, 6) is 0.334. The number of carbonyl (C=O) groups excluding carboxylic acids is 2. The summed E-state index contributed by atoms with van der Waals surface area (Å²) in [5, 5.41) is 0.614. The average molecular weight is 531 g/mol. The summed E-state index contributed by atoms with van der Waals surface area (Å²) in [6, 6.07) is 24.6. The Morgan fingerprint density at radius 3 is 2.34 bits per heavy atom. The molecule has 0 aromatic heterocycles. The summed E-state index contributed by atoms with van der Waals surface area (Å²) in [7, 11) is 0. The zero-order chi connectivity index (χ0) is 26.9. The van der Waals surface area contributed by atoms with Crippen molar-refractivity contribution in [3.05, 3.63) is 94.9 Å². The van der Waals surface area contributed by atoms with Gasteiger partial charge in [0.1, 0.15) is 0 Å². The number of para-hydroxylation sites is 1. The maximum atomic E-state index is 13.7. The first-order valence-electron chi connectivity index (χ1n) is 12.5. The van der Waals surface area contributed by atoms with Gasteiger partial charge < -0.3 is 14.2 Å². The van der Waals surface area contributed by atoms with E-state index >= 15 is 0 Å². The first-order chi connectivity index (χ1) is 18.5. The number of aliphatic imine (C=N–C) groups is 1. The number of amides is 1. The Morgan fingerprint density at radius 1 is 0.947 bits per heavy atom. The molecule has 1 aliphatic rings. The number of benzene rings is 3. The minimum atomic E-state index is -0.452. The molecule has 1 atom stereocenters. The highest BCUT2D eigenvalue weighted by Gasteiger charge is 2.37. The standard InChI is InChI=1S/C30H30N2O5S/c1-4-35-26-18-22(16-17-25(26)37-20-28(33)36-5-2)19-27-29(34)32(21(3)23-12-8-6-9-13-23)30(38-27)31-24-14-10-7-11-15-24/h6-19,21H,4-5,20H2,1-3H3/b27-19+,31-30?/t21-/m0/s1. The highest BCUT2D eigenvalue weighted by Crippen LogP contribution is 2.40. The molecule has 38 heavy (non-hydrogen) atoms. The quantitative estimate of drug-likeness (QED) is 0.223. The Bertz CT molecular complexity index is 1320. The molecule has 7 nitrogen and oxygen atoms in total. The van der Waals surface area contributed by atoms with E-state index in [2.05, 4.69) is 0 Å². The fourth-order valence-corrected chi connectivity index (χ4v) is 4.96. The minimum Gasteiger partial charge on any atom is -0.490 e. The van der Waals surface area contributed by atoms with Gasteiger partial charge in [0, 0.05) is 0 Å². The van der Waals surface area contributed by atoms with Crippen LogP contribution in [0.2, 0.25) is 0 Å². The Labute approximate surface area is 227 Å². The monoisotopic (exact) mass is 530 g/mol. The first-order valence-corrected chi connectivity index (χ1v) is 13.3. The summed E-state index contributed by atoms with van der Waals surface area (Å²) < 4.78 is 16.3. The van der Waals surface area contributed by atoms with Crippen LogP contribution in [0.1, 0.15) is 37.9 Å². The van der Waals surface area contributed by atoms with E-state index in [4.69, 9.17) is 19.2 Å². The maximum absolute atomic E-state index is 13.7. The van der Waals surface area contributed by atoms with Crippen LogP contribution in [0.5, 0.6) is 11.5 Å². The number of ether oxygens (including phenoxy) is 3. The third-order valence-electron chi connectivity index (χ3n) is 5.70. The van der Waals surface area contributed by atoms with Crippen molar-refractivity contribution >= 4 is 40.6 Å². The predicted molar refractivity (Wildman–Crippen MR) is 151 cm³/mol. The van der Waals surface area contributed by atoms with Crippen molar-refractivity contribution < 1.29 is 23.8 Å². The van der Waals surface area contributed by atoms with Crippen molar-refractivity contribution in [1.82, 2.24) is 4.90 Å². The summed E-state index contributed by atoms with van der Waals surface area (Å²) >= 11 is 1.34. The first kappa shape index (κ1) is 27.0. The van der Waals surface area contributed by atoms with E-state index in [0.29, 0.717) is 28.2 Å². The van der Waals surface area contributed by atoms with Gasteiger partial charge >= 0.3 is 5.97 Å². The topological polar surface area (TPSA) is 77.4 Å². The third-order valence-corrected chi connectivity index (χ3v) is 6.69. The van der Waals surface area contributed by atoms with E-state index in [-0.39, 0.29) is 25.2 Å². The lowest BCUT2D eigenvalue weighted by Gasteiger charge is -2.24. The van der Waals surface area contributed by atoms with Gasteiger partial charge in [-0.25, -0.2) is 9.79 Å². The van der Waals surface area contributed by atoms with Crippen LogP contribution in [0.15, 0.2) is 88.8 Å². The van der Waals surface area contributed by atoms with Crippen LogP contribution in [0, 0.1) is 0 Å². The van der Waals surface area contributed by atoms with Gasteiger partial charge in [0.05, 0.1) is 29.8 Å². The molecule has 1 aliphatic heterocycles. The molecule has 1 heterocycles. The number of nitrogens with zero attached hydrogens (tertiary/aromatic N) is 2. The van der Waals surface area contributed by atoms with Crippen molar-refractivity contribution in [2.24, 2.45) is 4.99 Å². The molecule has 1 amide bonds. The van der Waals surface area contributed by atoms with Gasteiger partial charge in [-0.2, -0.15) is 0 Å². The van der Waals surface area contributed by atoms with Crippen LogP contribution in [0.4, 0.5) is 5.69 Å². The van der Waals surface area contributed by atoms with Crippen LogP contribution >= 0.6 is 11.8 Å². The van der Waals surface area contributed by atoms with Gasteiger partial charge in [-0.3, -0.25) is 9.69 Å². The highest BCUT2D eigenvalue weighted by molar-refractivity contribution is 8.18. The summed E-state index contributed by atoms with van der Waals surface area (Å²) in [4.78, 5) is 32.5. The van der Waals surface area contributed by atoms with Gasteiger partial charge in [-0.15, -0.1) is 0 Å². The fraction of sp³-hybridized carbons (Fsp3) is 0.233. The molecule has 8 heteroatoms. The number of thioether (sulfide) groups is 1. The number of amidine groups is 1. The summed E-state index contributed by atoms with van der Waals surface area (Å²) in [6.07, 6.45) is 1.82. The van der Waals surface area contributed by atoms with Gasteiger partial charge in [-0.1, -0.05) is 54.6 Å². The average Bonchev–Trinajstić information content (AvgIpc) is 3.23. The molecule has 0 bridgehead atoms. The van der Waals surface area contributed by atoms with E-state index < -0.39 is 5.97 Å². The minimum absolute atomic E-state index is 0.123. The number of esters is 1. The van der Waals surface area contributed by atoms with E-state index in [9.17, 15) is 9.59 Å². The zero-order valence-electron chi connectivity index (χ0n) is 21.6. The molecule has 0 aliphatic carbocycles. The van der Waals surface area contributed by atoms with E-state index in [1.165, 1.54) is 11.8 Å². The summed E-state index contributed by atoms with van der Waals surface area (Å²) in [6.45, 7) is 6.10. The zero-order valence-corrected chi connectivity index (χ0v) is 22.4. The van der Waals surface area contributed by atoms with Gasteiger partial charge in [-0.05, 0) is 74.0 Å². The molecule has 0 spiro atoms. The van der Waals surface area contributed by atoms with Gasteiger partial charge in [0.2, 0.25) is 0 Å². The molecule has 0 saturated carbocycles. The molecular formula is C30H30N2O5S. The Kier molecular flexibility index (Phi) is 9.21. The largest absolute Gasteiger partial charge is 0.490 e. The molecule has 3 aromatic rings. The number of rotatable bonds is 10. The second kappa shape index (κ2) is 13.0.